The molecule has 1 aromatic heterocycles. The largest absolute Gasteiger partial charge is 0.468 e. The van der Waals surface area contributed by atoms with Crippen molar-refractivity contribution in [2.24, 2.45) is 7.05 Å². The van der Waals surface area contributed by atoms with Crippen molar-refractivity contribution in [1.29, 1.82) is 0 Å². The number of ether oxygens (including phenoxy) is 1. The molecule has 2 aromatic rings. The number of aryl methyl sites for hydroxylation is 3. The van der Waals surface area contributed by atoms with Gasteiger partial charge in [0.25, 0.3) is 0 Å². The van der Waals surface area contributed by atoms with Gasteiger partial charge in [-0.15, -0.1) is 0 Å². The van der Waals surface area contributed by atoms with Gasteiger partial charge in [0.15, 0.2) is 0 Å². The molecule has 0 fully saturated rings. The molecule has 6 heteroatoms. The van der Waals surface area contributed by atoms with E-state index in [1.165, 1.54) is 18.1 Å². The second-order valence-electron chi connectivity index (χ2n) is 6.24. The number of aromatic nitrogens is 2. The van der Waals surface area contributed by atoms with E-state index in [9.17, 15) is 9.59 Å². The summed E-state index contributed by atoms with van der Waals surface area (Å²) in [6.45, 7) is 6.07. The molecule has 0 aliphatic carbocycles. The van der Waals surface area contributed by atoms with E-state index in [2.05, 4.69) is 5.10 Å². The second-order valence-corrected chi connectivity index (χ2v) is 6.24. The molecule has 0 unspecified atom stereocenters. The number of nitrogens with zero attached hydrogens (tertiary/aromatic N) is 3. The van der Waals surface area contributed by atoms with Crippen LogP contribution in [0.5, 0.6) is 0 Å². The average molecular weight is 355 g/mol. The molecular weight excluding hydrogens is 330 g/mol. The summed E-state index contributed by atoms with van der Waals surface area (Å²) in [5.74, 6) is -0.699. The van der Waals surface area contributed by atoms with E-state index < -0.39 is 5.97 Å². The van der Waals surface area contributed by atoms with Crippen molar-refractivity contribution in [2.75, 3.05) is 13.7 Å². The zero-order chi connectivity index (χ0) is 19.3. The fraction of sp³-hybridized carbons (Fsp3) is 0.350. The van der Waals surface area contributed by atoms with E-state index in [0.29, 0.717) is 6.54 Å². The Balaban J connectivity index is 2.23. The smallest absolute Gasteiger partial charge is 0.325 e. The van der Waals surface area contributed by atoms with Gasteiger partial charge >= 0.3 is 5.97 Å². The van der Waals surface area contributed by atoms with Crippen LogP contribution < -0.4 is 0 Å². The first-order chi connectivity index (χ1) is 12.3. The molecule has 1 aromatic carbocycles. The summed E-state index contributed by atoms with van der Waals surface area (Å²) < 4.78 is 6.51. The zero-order valence-electron chi connectivity index (χ0n) is 15.9. The van der Waals surface area contributed by atoms with Crippen LogP contribution in [0.4, 0.5) is 0 Å². The number of carbonyl (C=O) groups excluding carboxylic acids is 2. The lowest BCUT2D eigenvalue weighted by atomic mass is 10.1. The molecular formula is C20H25N3O3. The zero-order valence-corrected chi connectivity index (χ0v) is 15.9. The third-order valence-electron chi connectivity index (χ3n) is 4.44. The van der Waals surface area contributed by atoms with Gasteiger partial charge in [0, 0.05) is 30.9 Å². The Kier molecular flexibility index (Phi) is 6.33. The van der Waals surface area contributed by atoms with Crippen LogP contribution in [0.25, 0.3) is 6.08 Å². The van der Waals surface area contributed by atoms with Gasteiger partial charge < -0.3 is 9.64 Å². The molecule has 6 nitrogen and oxygen atoms in total. The lowest BCUT2D eigenvalue weighted by Gasteiger charge is -2.21. The number of hydrogen-bond acceptors (Lipinski definition) is 4. The van der Waals surface area contributed by atoms with E-state index in [-0.39, 0.29) is 12.5 Å². The molecule has 0 aliphatic rings. The highest BCUT2D eigenvalue weighted by molar-refractivity contribution is 5.94. The van der Waals surface area contributed by atoms with Gasteiger partial charge in [0.05, 0.1) is 12.8 Å². The molecule has 0 N–H and O–H groups in total. The third-order valence-corrected chi connectivity index (χ3v) is 4.44. The van der Waals surface area contributed by atoms with Gasteiger partial charge in [-0.2, -0.15) is 5.10 Å². The van der Waals surface area contributed by atoms with Crippen LogP contribution in [0, 0.1) is 20.8 Å². The van der Waals surface area contributed by atoms with E-state index >= 15 is 0 Å². The van der Waals surface area contributed by atoms with Crippen molar-refractivity contribution in [3.63, 3.8) is 0 Å². The molecule has 26 heavy (non-hydrogen) atoms. The van der Waals surface area contributed by atoms with Gasteiger partial charge in [-0.3, -0.25) is 14.3 Å². The van der Waals surface area contributed by atoms with Crippen LogP contribution in [-0.4, -0.2) is 40.2 Å². The minimum Gasteiger partial charge on any atom is -0.468 e. The topological polar surface area (TPSA) is 64.4 Å². The van der Waals surface area contributed by atoms with Crippen LogP contribution in [-0.2, 0) is 27.9 Å². The van der Waals surface area contributed by atoms with Gasteiger partial charge in [-0.25, -0.2) is 0 Å². The number of carbonyl (C=O) groups is 2. The number of amides is 1. The van der Waals surface area contributed by atoms with Crippen LogP contribution in [0.1, 0.15) is 28.1 Å². The third kappa shape index (κ3) is 4.59. The molecule has 1 amide bonds. The maximum Gasteiger partial charge on any atom is 0.325 e. The first-order valence-electron chi connectivity index (χ1n) is 8.42. The molecule has 0 saturated carbocycles. The highest BCUT2D eigenvalue weighted by Gasteiger charge is 2.17. The van der Waals surface area contributed by atoms with E-state index in [0.717, 1.165) is 28.1 Å². The predicted molar refractivity (Wildman–Crippen MR) is 100 cm³/mol. The number of methoxy groups -OCH3 is 1. The summed E-state index contributed by atoms with van der Waals surface area (Å²) >= 11 is 0. The van der Waals surface area contributed by atoms with E-state index in [4.69, 9.17) is 4.74 Å². The molecule has 0 radical (unpaired) electrons. The van der Waals surface area contributed by atoms with E-state index in [1.807, 2.05) is 52.1 Å². The molecule has 2 rings (SSSR count). The summed E-state index contributed by atoms with van der Waals surface area (Å²) in [4.78, 5) is 25.9. The lowest BCUT2D eigenvalue weighted by molar-refractivity contribution is -0.145. The molecule has 0 spiro atoms. The highest BCUT2D eigenvalue weighted by atomic mass is 16.5. The number of benzene rings is 1. The quantitative estimate of drug-likeness (QED) is 0.590. The molecule has 0 bridgehead atoms. The maximum atomic E-state index is 12.7. The minimum absolute atomic E-state index is 0.0982. The monoisotopic (exact) mass is 355 g/mol. The molecule has 138 valence electrons. The average Bonchev–Trinajstić information content (AvgIpc) is 2.86. The van der Waals surface area contributed by atoms with Gasteiger partial charge in [-0.1, -0.05) is 24.3 Å². The molecule has 0 aliphatic heterocycles. The van der Waals surface area contributed by atoms with Crippen LogP contribution >= 0.6 is 0 Å². The Labute approximate surface area is 154 Å². The maximum absolute atomic E-state index is 12.7. The van der Waals surface area contributed by atoms with Crippen LogP contribution in [0.15, 0.2) is 30.3 Å². The van der Waals surface area contributed by atoms with Crippen molar-refractivity contribution in [3.8, 4) is 0 Å². The molecule has 1 heterocycles. The van der Waals surface area contributed by atoms with Crippen LogP contribution in [0.2, 0.25) is 0 Å². The van der Waals surface area contributed by atoms with Crippen molar-refractivity contribution in [3.05, 3.63) is 58.4 Å². The first kappa shape index (κ1) is 19.4. The Morgan fingerprint density at radius 2 is 1.92 bits per heavy atom. The standard InChI is InChI=1S/C20H25N3O3/c1-14-8-6-7-9-17(14)12-23(13-20(25)26-5)19(24)11-10-18-15(2)21-22(4)16(18)3/h6-11H,12-13H2,1-5H3/b11-10+. The Bertz CT molecular complexity index is 837. The number of hydrogen-bond donors (Lipinski definition) is 0. The second kappa shape index (κ2) is 8.47. The SMILES string of the molecule is COC(=O)CN(Cc1ccccc1C)C(=O)/C=C/c1c(C)nn(C)c1C. The Morgan fingerprint density at radius 1 is 1.23 bits per heavy atom. The molecule has 0 saturated heterocycles. The molecule has 0 atom stereocenters. The van der Waals surface area contributed by atoms with Gasteiger partial charge in [-0.05, 0) is 38.0 Å². The lowest BCUT2D eigenvalue weighted by Crippen LogP contribution is -2.34. The van der Waals surface area contributed by atoms with Gasteiger partial charge in [0.2, 0.25) is 5.91 Å². The fourth-order valence-electron chi connectivity index (χ4n) is 2.72. The fourth-order valence-corrected chi connectivity index (χ4v) is 2.72. The summed E-state index contributed by atoms with van der Waals surface area (Å²) in [6, 6.07) is 7.79. The van der Waals surface area contributed by atoms with E-state index in [1.54, 1.807) is 10.8 Å². The van der Waals surface area contributed by atoms with Gasteiger partial charge in [0.1, 0.15) is 6.54 Å². The summed E-state index contributed by atoms with van der Waals surface area (Å²) in [7, 11) is 3.18. The highest BCUT2D eigenvalue weighted by Crippen LogP contribution is 2.15. The predicted octanol–water partition coefficient (Wildman–Crippen LogP) is 2.56. The summed E-state index contributed by atoms with van der Waals surface area (Å²) in [5.41, 5.74) is 4.80. The summed E-state index contributed by atoms with van der Waals surface area (Å²) in [6.07, 6.45) is 3.24. The Hall–Kier alpha value is -2.89. The van der Waals surface area contributed by atoms with Crippen molar-refractivity contribution in [1.82, 2.24) is 14.7 Å². The van der Waals surface area contributed by atoms with Crippen molar-refractivity contribution < 1.29 is 14.3 Å². The first-order valence-corrected chi connectivity index (χ1v) is 8.42. The Morgan fingerprint density at radius 3 is 2.50 bits per heavy atom. The van der Waals surface area contributed by atoms with Crippen LogP contribution in [0.3, 0.4) is 0 Å². The number of esters is 1. The minimum atomic E-state index is -0.450. The number of rotatable bonds is 6. The van der Waals surface area contributed by atoms with Crippen molar-refractivity contribution >= 4 is 18.0 Å². The summed E-state index contributed by atoms with van der Waals surface area (Å²) in [5, 5.41) is 4.34. The van der Waals surface area contributed by atoms with Crippen molar-refractivity contribution in [2.45, 2.75) is 27.3 Å². The normalized spacial score (nSPS) is 11.0.